The maximum atomic E-state index is 12.3. The van der Waals surface area contributed by atoms with Gasteiger partial charge in [-0.25, -0.2) is 4.68 Å². The Morgan fingerprint density at radius 1 is 1.43 bits per heavy atom. The molecule has 0 aliphatic carbocycles. The number of rotatable bonds is 8. The molecule has 0 unspecified atom stereocenters. The molecule has 0 bridgehead atoms. The number of nitrogens with one attached hydrogen (secondary N) is 1. The lowest BCUT2D eigenvalue weighted by molar-refractivity contribution is 0.367. The molecule has 0 radical (unpaired) electrons. The highest BCUT2D eigenvalue weighted by atomic mass is 79.9. The van der Waals surface area contributed by atoms with Crippen molar-refractivity contribution in [3.05, 3.63) is 21.0 Å². The van der Waals surface area contributed by atoms with Crippen LogP contribution in [-0.4, -0.2) is 47.4 Å². The van der Waals surface area contributed by atoms with Crippen molar-refractivity contribution in [1.29, 1.82) is 0 Å². The zero-order valence-electron chi connectivity index (χ0n) is 13.3. The van der Waals surface area contributed by atoms with Gasteiger partial charge in [0.15, 0.2) is 0 Å². The summed E-state index contributed by atoms with van der Waals surface area (Å²) in [6, 6.07) is 0. The third kappa shape index (κ3) is 4.52. The SMILES string of the molecule is CCC(CC)(CN)Nc1cnn(CCN(C)C)c(=O)c1Br. The summed E-state index contributed by atoms with van der Waals surface area (Å²) in [5.41, 5.74) is 6.27. The zero-order valence-corrected chi connectivity index (χ0v) is 14.9. The first kappa shape index (κ1) is 18.1. The molecule has 0 aliphatic rings. The maximum absolute atomic E-state index is 12.3. The first-order chi connectivity index (χ1) is 9.89. The number of hydrogen-bond donors (Lipinski definition) is 2. The van der Waals surface area contributed by atoms with Gasteiger partial charge in [0.2, 0.25) is 0 Å². The Morgan fingerprint density at radius 3 is 2.52 bits per heavy atom. The predicted octanol–water partition coefficient (Wildman–Crippen LogP) is 1.50. The number of aromatic nitrogens is 2. The van der Waals surface area contributed by atoms with Crippen molar-refractivity contribution in [3.8, 4) is 0 Å². The lowest BCUT2D eigenvalue weighted by atomic mass is 9.93. The molecule has 1 aromatic rings. The van der Waals surface area contributed by atoms with Gasteiger partial charge in [0.05, 0.1) is 18.4 Å². The summed E-state index contributed by atoms with van der Waals surface area (Å²) in [6.07, 6.45) is 3.46. The van der Waals surface area contributed by atoms with E-state index in [-0.39, 0.29) is 11.1 Å². The van der Waals surface area contributed by atoms with Crippen molar-refractivity contribution in [3.63, 3.8) is 0 Å². The lowest BCUT2D eigenvalue weighted by Crippen LogP contribution is -2.45. The van der Waals surface area contributed by atoms with Crippen molar-refractivity contribution >= 4 is 21.6 Å². The maximum Gasteiger partial charge on any atom is 0.283 e. The third-order valence-electron chi connectivity index (χ3n) is 3.89. The summed E-state index contributed by atoms with van der Waals surface area (Å²) < 4.78 is 1.98. The molecule has 1 aromatic heterocycles. The fraction of sp³-hybridized carbons (Fsp3) is 0.714. The van der Waals surface area contributed by atoms with Gasteiger partial charge in [-0.1, -0.05) is 13.8 Å². The minimum absolute atomic E-state index is 0.125. The molecule has 0 aromatic carbocycles. The van der Waals surface area contributed by atoms with Crippen LogP contribution in [0.1, 0.15) is 26.7 Å². The summed E-state index contributed by atoms with van der Waals surface area (Å²) >= 11 is 3.39. The van der Waals surface area contributed by atoms with E-state index in [1.165, 1.54) is 4.68 Å². The van der Waals surface area contributed by atoms with E-state index in [9.17, 15) is 4.79 Å². The first-order valence-corrected chi connectivity index (χ1v) is 8.07. The topological polar surface area (TPSA) is 76.2 Å². The van der Waals surface area contributed by atoms with Crippen molar-refractivity contribution in [2.75, 3.05) is 32.5 Å². The molecular weight excluding hydrogens is 334 g/mol. The Hall–Kier alpha value is -0.920. The van der Waals surface area contributed by atoms with Crippen LogP contribution in [0, 0.1) is 0 Å². The van der Waals surface area contributed by atoms with Crippen molar-refractivity contribution < 1.29 is 0 Å². The fourth-order valence-corrected chi connectivity index (χ4v) is 2.46. The van der Waals surface area contributed by atoms with Gasteiger partial charge < -0.3 is 16.0 Å². The fourth-order valence-electron chi connectivity index (χ4n) is 2.06. The molecule has 3 N–H and O–H groups in total. The van der Waals surface area contributed by atoms with Crippen LogP contribution < -0.4 is 16.6 Å². The summed E-state index contributed by atoms with van der Waals surface area (Å²) in [5.74, 6) is 0. The normalized spacial score (nSPS) is 12.0. The summed E-state index contributed by atoms with van der Waals surface area (Å²) in [5, 5.41) is 7.63. The highest BCUT2D eigenvalue weighted by Crippen LogP contribution is 2.24. The highest BCUT2D eigenvalue weighted by molar-refractivity contribution is 9.10. The molecule has 0 aliphatic heterocycles. The average Bonchev–Trinajstić information content (AvgIpc) is 2.48. The molecule has 6 nitrogen and oxygen atoms in total. The zero-order chi connectivity index (χ0) is 16.0. The largest absolute Gasteiger partial charge is 0.376 e. The molecule has 0 fully saturated rings. The Labute approximate surface area is 134 Å². The van der Waals surface area contributed by atoms with Crippen LogP contribution in [0.25, 0.3) is 0 Å². The molecule has 1 heterocycles. The molecule has 0 amide bonds. The van der Waals surface area contributed by atoms with Crippen molar-refractivity contribution in [1.82, 2.24) is 14.7 Å². The van der Waals surface area contributed by atoms with E-state index >= 15 is 0 Å². The van der Waals surface area contributed by atoms with Crippen molar-refractivity contribution in [2.45, 2.75) is 38.8 Å². The smallest absolute Gasteiger partial charge is 0.283 e. The van der Waals surface area contributed by atoms with Crippen LogP contribution >= 0.6 is 15.9 Å². The van der Waals surface area contributed by atoms with Crippen LogP contribution in [0.5, 0.6) is 0 Å². The van der Waals surface area contributed by atoms with Gasteiger partial charge in [0.25, 0.3) is 5.56 Å². The minimum Gasteiger partial charge on any atom is -0.376 e. The predicted molar refractivity (Wildman–Crippen MR) is 90.7 cm³/mol. The second-order valence-electron chi connectivity index (χ2n) is 5.52. The number of halogens is 1. The molecule has 7 heteroatoms. The van der Waals surface area contributed by atoms with E-state index in [0.29, 0.717) is 23.2 Å². The Bertz CT molecular complexity index is 502. The van der Waals surface area contributed by atoms with Gasteiger partial charge in [-0.05, 0) is 42.9 Å². The second-order valence-corrected chi connectivity index (χ2v) is 6.31. The molecule has 120 valence electrons. The summed E-state index contributed by atoms with van der Waals surface area (Å²) in [6.45, 7) is 6.01. The van der Waals surface area contributed by atoms with E-state index in [1.807, 2.05) is 19.0 Å². The van der Waals surface area contributed by atoms with Gasteiger partial charge >= 0.3 is 0 Å². The summed E-state index contributed by atoms with van der Waals surface area (Å²) in [7, 11) is 3.93. The molecule has 0 atom stereocenters. The first-order valence-electron chi connectivity index (χ1n) is 7.27. The van der Waals surface area contributed by atoms with Crippen LogP contribution in [0.3, 0.4) is 0 Å². The monoisotopic (exact) mass is 359 g/mol. The Kier molecular flexibility index (Phi) is 6.83. The second kappa shape index (κ2) is 7.91. The lowest BCUT2D eigenvalue weighted by Gasteiger charge is -2.32. The molecule has 0 saturated heterocycles. The minimum atomic E-state index is -0.202. The molecule has 21 heavy (non-hydrogen) atoms. The molecule has 0 saturated carbocycles. The van der Waals surface area contributed by atoms with Gasteiger partial charge in [-0.15, -0.1) is 0 Å². The quantitative estimate of drug-likeness (QED) is 0.735. The van der Waals surface area contributed by atoms with Gasteiger partial charge in [-0.2, -0.15) is 5.10 Å². The Morgan fingerprint density at radius 2 is 2.05 bits per heavy atom. The van der Waals surface area contributed by atoms with Gasteiger partial charge in [0.1, 0.15) is 4.47 Å². The standard InChI is InChI=1S/C14H26BrN5O/c1-5-14(6-2,10-16)18-11-9-17-20(8-7-19(3)4)13(21)12(11)15/h9,18H,5-8,10,16H2,1-4H3. The number of nitrogens with two attached hydrogens (primary N) is 1. The van der Waals surface area contributed by atoms with E-state index in [2.05, 4.69) is 40.2 Å². The Balaban J connectivity index is 3.01. The van der Waals surface area contributed by atoms with E-state index in [1.54, 1.807) is 6.20 Å². The highest BCUT2D eigenvalue weighted by Gasteiger charge is 2.25. The number of nitrogens with zero attached hydrogens (tertiary/aromatic N) is 3. The average molecular weight is 360 g/mol. The van der Waals surface area contributed by atoms with Gasteiger partial charge in [0, 0.05) is 18.6 Å². The van der Waals surface area contributed by atoms with Crippen LogP contribution in [-0.2, 0) is 6.54 Å². The summed E-state index contributed by atoms with van der Waals surface area (Å²) in [4.78, 5) is 14.3. The van der Waals surface area contributed by atoms with E-state index < -0.39 is 0 Å². The number of likely N-dealkylation sites (N-methyl/N-ethyl adjacent to an activating group) is 1. The van der Waals surface area contributed by atoms with E-state index in [0.717, 1.165) is 19.4 Å². The van der Waals surface area contributed by atoms with Crippen LogP contribution in [0.4, 0.5) is 5.69 Å². The van der Waals surface area contributed by atoms with Crippen LogP contribution in [0.2, 0.25) is 0 Å². The molecular formula is C14H26BrN5O. The number of anilines is 1. The third-order valence-corrected chi connectivity index (χ3v) is 4.65. The molecule has 1 rings (SSSR count). The van der Waals surface area contributed by atoms with E-state index in [4.69, 9.17) is 5.73 Å². The van der Waals surface area contributed by atoms with Crippen molar-refractivity contribution in [2.24, 2.45) is 5.73 Å². The number of hydrogen-bond acceptors (Lipinski definition) is 5. The van der Waals surface area contributed by atoms with Crippen LogP contribution in [0.15, 0.2) is 15.5 Å². The van der Waals surface area contributed by atoms with Gasteiger partial charge in [-0.3, -0.25) is 4.79 Å². The molecule has 0 spiro atoms.